The number of carbonyl (C=O) groups is 2. The maximum atomic E-state index is 11.9. The lowest BCUT2D eigenvalue weighted by molar-refractivity contribution is -0.129. The monoisotopic (exact) mass is 402 g/mol. The van der Waals surface area contributed by atoms with Crippen molar-refractivity contribution in [2.24, 2.45) is 5.92 Å². The van der Waals surface area contributed by atoms with Crippen molar-refractivity contribution in [3.63, 3.8) is 0 Å². The molecule has 0 aromatic heterocycles. The SMILES string of the molecule is CNC(=O)Oc1cccc(CN(C)CCCOC2CCC3C(=O)C=COC3C2)c1. The second-order valence-corrected chi connectivity index (χ2v) is 7.67. The van der Waals surface area contributed by atoms with Gasteiger partial charge in [0.1, 0.15) is 11.9 Å². The van der Waals surface area contributed by atoms with E-state index in [1.165, 1.54) is 13.3 Å². The molecule has 1 N–H and O–H groups in total. The van der Waals surface area contributed by atoms with Crippen LogP contribution in [0, 0.1) is 5.92 Å². The van der Waals surface area contributed by atoms with Crippen LogP contribution >= 0.6 is 0 Å². The molecule has 1 saturated carbocycles. The van der Waals surface area contributed by atoms with Crippen LogP contribution in [0.5, 0.6) is 5.75 Å². The molecule has 3 unspecified atom stereocenters. The number of rotatable bonds is 8. The lowest BCUT2D eigenvalue weighted by Crippen LogP contribution is -2.40. The van der Waals surface area contributed by atoms with E-state index in [9.17, 15) is 9.59 Å². The molecule has 3 rings (SSSR count). The third kappa shape index (κ3) is 6.30. The number of carbonyl (C=O) groups excluding carboxylic acids is 2. The van der Waals surface area contributed by atoms with Crippen LogP contribution in [0.1, 0.15) is 31.2 Å². The van der Waals surface area contributed by atoms with E-state index >= 15 is 0 Å². The van der Waals surface area contributed by atoms with E-state index in [1.54, 1.807) is 12.1 Å². The molecular weight excluding hydrogens is 372 g/mol. The van der Waals surface area contributed by atoms with E-state index in [0.717, 1.165) is 44.3 Å². The molecule has 0 saturated heterocycles. The number of benzene rings is 1. The average molecular weight is 402 g/mol. The molecule has 1 fully saturated rings. The Labute approximate surface area is 172 Å². The number of nitrogens with zero attached hydrogens (tertiary/aromatic N) is 1. The fourth-order valence-electron chi connectivity index (χ4n) is 3.89. The fourth-order valence-corrected chi connectivity index (χ4v) is 3.89. The minimum Gasteiger partial charge on any atom is -0.497 e. The summed E-state index contributed by atoms with van der Waals surface area (Å²) >= 11 is 0. The van der Waals surface area contributed by atoms with E-state index in [2.05, 4.69) is 17.3 Å². The first-order chi connectivity index (χ1) is 14.0. The van der Waals surface area contributed by atoms with Gasteiger partial charge in [0.05, 0.1) is 18.3 Å². The molecule has 0 bridgehead atoms. The number of nitrogens with one attached hydrogen (secondary N) is 1. The highest BCUT2D eigenvalue weighted by atomic mass is 16.6. The highest BCUT2D eigenvalue weighted by Crippen LogP contribution is 2.32. The summed E-state index contributed by atoms with van der Waals surface area (Å²) in [4.78, 5) is 25.4. The molecule has 158 valence electrons. The maximum Gasteiger partial charge on any atom is 0.412 e. The van der Waals surface area contributed by atoms with Gasteiger partial charge in [-0.05, 0) is 44.0 Å². The van der Waals surface area contributed by atoms with Crippen LogP contribution in [0.25, 0.3) is 0 Å². The molecule has 29 heavy (non-hydrogen) atoms. The van der Waals surface area contributed by atoms with Crippen LogP contribution in [0.3, 0.4) is 0 Å². The minimum absolute atomic E-state index is 0.00845. The van der Waals surface area contributed by atoms with Crippen molar-refractivity contribution in [2.45, 2.75) is 44.4 Å². The molecule has 1 aliphatic heterocycles. The fraction of sp³-hybridized carbons (Fsp3) is 0.545. The summed E-state index contributed by atoms with van der Waals surface area (Å²) in [6.45, 7) is 2.35. The Morgan fingerprint density at radius 3 is 3.03 bits per heavy atom. The number of hydrogen-bond donors (Lipinski definition) is 1. The smallest absolute Gasteiger partial charge is 0.412 e. The van der Waals surface area contributed by atoms with Crippen LogP contribution in [0.15, 0.2) is 36.6 Å². The van der Waals surface area contributed by atoms with Crippen molar-refractivity contribution in [1.29, 1.82) is 0 Å². The quantitative estimate of drug-likeness (QED) is 0.674. The Kier molecular flexibility index (Phi) is 7.66. The van der Waals surface area contributed by atoms with Gasteiger partial charge in [-0.1, -0.05) is 12.1 Å². The number of allylic oxidation sites excluding steroid dienone is 1. The standard InChI is InChI=1S/C22H30N2O5/c1-23-22(26)29-18-6-3-5-16(13-18)15-24(2)10-4-11-27-17-7-8-19-20(25)9-12-28-21(19)14-17/h3,5-6,9,12-13,17,19,21H,4,7-8,10-11,14-15H2,1-2H3,(H,23,26). The third-order valence-corrected chi connectivity index (χ3v) is 5.40. The average Bonchev–Trinajstić information content (AvgIpc) is 2.71. The Hall–Kier alpha value is -2.38. The zero-order valence-corrected chi connectivity index (χ0v) is 17.1. The van der Waals surface area contributed by atoms with Crippen LogP contribution in [0.2, 0.25) is 0 Å². The van der Waals surface area contributed by atoms with Gasteiger partial charge in [-0.2, -0.15) is 0 Å². The second kappa shape index (κ2) is 10.4. The van der Waals surface area contributed by atoms with Gasteiger partial charge in [0.2, 0.25) is 0 Å². The van der Waals surface area contributed by atoms with Gasteiger partial charge >= 0.3 is 6.09 Å². The summed E-state index contributed by atoms with van der Waals surface area (Å²) in [6, 6.07) is 7.54. The Balaban J connectivity index is 1.35. The first kappa shape index (κ1) is 21.3. The molecule has 1 aromatic carbocycles. The van der Waals surface area contributed by atoms with Crippen molar-refractivity contribution in [2.75, 3.05) is 27.2 Å². The van der Waals surface area contributed by atoms with Crippen molar-refractivity contribution in [3.8, 4) is 5.75 Å². The van der Waals surface area contributed by atoms with Crippen molar-refractivity contribution >= 4 is 11.9 Å². The molecule has 1 aromatic rings. The molecule has 3 atom stereocenters. The van der Waals surface area contributed by atoms with Gasteiger partial charge in [-0.15, -0.1) is 0 Å². The van der Waals surface area contributed by atoms with Gasteiger partial charge in [-0.25, -0.2) is 4.79 Å². The minimum atomic E-state index is -0.472. The Bertz CT molecular complexity index is 736. The normalized spacial score (nSPS) is 23.4. The largest absolute Gasteiger partial charge is 0.497 e. The number of fused-ring (bicyclic) bond motifs is 1. The summed E-state index contributed by atoms with van der Waals surface area (Å²) in [5, 5.41) is 2.44. The summed E-state index contributed by atoms with van der Waals surface area (Å²) < 4.78 is 16.8. The second-order valence-electron chi connectivity index (χ2n) is 7.67. The highest BCUT2D eigenvalue weighted by molar-refractivity contribution is 5.92. The number of ketones is 1. The lowest BCUT2D eigenvalue weighted by Gasteiger charge is -2.35. The summed E-state index contributed by atoms with van der Waals surface area (Å²) in [6.07, 6.45) is 6.20. The molecule has 7 heteroatoms. The molecule has 2 aliphatic rings. The molecule has 1 heterocycles. The summed E-state index contributed by atoms with van der Waals surface area (Å²) in [7, 11) is 3.59. The van der Waals surface area contributed by atoms with E-state index in [-0.39, 0.29) is 23.9 Å². The summed E-state index contributed by atoms with van der Waals surface area (Å²) in [5.74, 6) is 0.729. The van der Waals surface area contributed by atoms with E-state index in [0.29, 0.717) is 12.4 Å². The number of ether oxygens (including phenoxy) is 3. The van der Waals surface area contributed by atoms with Crippen molar-refractivity contribution in [1.82, 2.24) is 10.2 Å². The van der Waals surface area contributed by atoms with Crippen LogP contribution in [0.4, 0.5) is 4.79 Å². The molecule has 0 radical (unpaired) electrons. The highest BCUT2D eigenvalue weighted by Gasteiger charge is 2.37. The van der Waals surface area contributed by atoms with E-state index < -0.39 is 6.09 Å². The molecule has 1 amide bonds. The first-order valence-electron chi connectivity index (χ1n) is 10.2. The van der Waals surface area contributed by atoms with Gasteiger partial charge in [0.25, 0.3) is 0 Å². The van der Waals surface area contributed by atoms with Gasteiger partial charge in [0.15, 0.2) is 5.78 Å². The molecule has 1 aliphatic carbocycles. The third-order valence-electron chi connectivity index (χ3n) is 5.40. The number of hydrogen-bond acceptors (Lipinski definition) is 6. The molecule has 0 spiro atoms. The van der Waals surface area contributed by atoms with Crippen molar-refractivity contribution < 1.29 is 23.8 Å². The van der Waals surface area contributed by atoms with Gasteiger partial charge in [0, 0.05) is 39.2 Å². The lowest BCUT2D eigenvalue weighted by atomic mass is 9.81. The first-order valence-corrected chi connectivity index (χ1v) is 10.2. The zero-order valence-electron chi connectivity index (χ0n) is 17.1. The maximum absolute atomic E-state index is 11.9. The molecule has 7 nitrogen and oxygen atoms in total. The Morgan fingerprint density at radius 1 is 1.34 bits per heavy atom. The predicted molar refractivity (Wildman–Crippen MR) is 109 cm³/mol. The molecular formula is C22H30N2O5. The summed E-state index contributed by atoms with van der Waals surface area (Å²) in [5.41, 5.74) is 1.08. The topological polar surface area (TPSA) is 77.1 Å². The van der Waals surface area contributed by atoms with Gasteiger partial charge in [-0.3, -0.25) is 4.79 Å². The van der Waals surface area contributed by atoms with E-state index in [1.807, 2.05) is 18.2 Å². The van der Waals surface area contributed by atoms with E-state index in [4.69, 9.17) is 14.2 Å². The predicted octanol–water partition coefficient (Wildman–Crippen LogP) is 2.89. The van der Waals surface area contributed by atoms with Crippen LogP contribution < -0.4 is 10.1 Å². The van der Waals surface area contributed by atoms with Crippen LogP contribution in [-0.2, 0) is 20.8 Å². The number of amides is 1. The Morgan fingerprint density at radius 2 is 2.21 bits per heavy atom. The van der Waals surface area contributed by atoms with Gasteiger partial charge < -0.3 is 24.4 Å². The zero-order chi connectivity index (χ0) is 20.6. The van der Waals surface area contributed by atoms with Crippen molar-refractivity contribution in [3.05, 3.63) is 42.2 Å². The van der Waals surface area contributed by atoms with Crippen LogP contribution in [-0.4, -0.2) is 56.2 Å².